The Kier molecular flexibility index (Phi) is 6.54. The molecule has 0 spiro atoms. The maximum absolute atomic E-state index is 5.95. The zero-order chi connectivity index (χ0) is 12.8. The fourth-order valence-electron chi connectivity index (χ4n) is 3.42. The van der Waals surface area contributed by atoms with Crippen LogP contribution in [0.5, 0.6) is 0 Å². The highest BCUT2D eigenvalue weighted by molar-refractivity contribution is 4.82. The van der Waals surface area contributed by atoms with Gasteiger partial charge in [0, 0.05) is 0 Å². The van der Waals surface area contributed by atoms with Crippen molar-refractivity contribution in [1.82, 2.24) is 0 Å². The van der Waals surface area contributed by atoms with E-state index in [4.69, 9.17) is 5.73 Å². The zero-order valence-corrected chi connectivity index (χ0v) is 12.4. The molecule has 17 heavy (non-hydrogen) atoms. The van der Waals surface area contributed by atoms with E-state index in [1.165, 1.54) is 38.5 Å². The van der Waals surface area contributed by atoms with E-state index in [0.29, 0.717) is 0 Å². The Hall–Kier alpha value is -0.0400. The maximum atomic E-state index is 5.95. The Balaban J connectivity index is 2.40. The molecule has 0 aliphatic heterocycles. The summed E-state index contributed by atoms with van der Waals surface area (Å²) >= 11 is 0. The second kappa shape index (κ2) is 7.41. The summed E-state index contributed by atoms with van der Waals surface area (Å²) in [6.45, 7) is 10.4. The van der Waals surface area contributed by atoms with E-state index in [1.807, 2.05) is 0 Å². The van der Waals surface area contributed by atoms with Gasteiger partial charge in [-0.2, -0.15) is 0 Å². The molecule has 1 fully saturated rings. The molecule has 0 radical (unpaired) electrons. The molecule has 3 atom stereocenters. The molecule has 102 valence electrons. The van der Waals surface area contributed by atoms with Crippen molar-refractivity contribution in [3.63, 3.8) is 0 Å². The molecular weight excluding hydrogens is 206 g/mol. The average Bonchev–Trinajstić information content (AvgIpc) is 2.28. The summed E-state index contributed by atoms with van der Waals surface area (Å²) in [5.74, 6) is 4.41. The molecule has 0 heterocycles. The number of nitrogens with two attached hydrogens (primary N) is 1. The highest BCUT2D eigenvalue weighted by Crippen LogP contribution is 2.39. The Labute approximate surface area is 109 Å². The van der Waals surface area contributed by atoms with E-state index in [-0.39, 0.29) is 0 Å². The summed E-state index contributed by atoms with van der Waals surface area (Å²) in [6.07, 6.45) is 8.45. The van der Waals surface area contributed by atoms with Crippen LogP contribution in [0.4, 0.5) is 0 Å². The van der Waals surface area contributed by atoms with Gasteiger partial charge in [-0.05, 0) is 55.4 Å². The van der Waals surface area contributed by atoms with Gasteiger partial charge in [0.25, 0.3) is 0 Å². The first-order valence-electron chi connectivity index (χ1n) is 7.74. The second-order valence-electron chi connectivity index (χ2n) is 6.90. The maximum Gasteiger partial charge on any atom is -0.00462 e. The first-order valence-corrected chi connectivity index (χ1v) is 7.74. The molecule has 1 aliphatic rings. The quantitative estimate of drug-likeness (QED) is 0.727. The minimum absolute atomic E-state index is 0.817. The van der Waals surface area contributed by atoms with Gasteiger partial charge in [-0.1, -0.05) is 47.0 Å². The smallest absolute Gasteiger partial charge is 0.00462 e. The summed E-state index contributed by atoms with van der Waals surface area (Å²) in [4.78, 5) is 0. The Morgan fingerprint density at radius 2 is 1.76 bits per heavy atom. The fraction of sp³-hybridized carbons (Fsp3) is 1.00. The number of rotatable bonds is 6. The summed E-state index contributed by atoms with van der Waals surface area (Å²) in [7, 11) is 0. The van der Waals surface area contributed by atoms with Crippen molar-refractivity contribution < 1.29 is 0 Å². The Bertz CT molecular complexity index is 198. The molecule has 0 aromatic rings. The minimum atomic E-state index is 0.817. The van der Waals surface area contributed by atoms with Crippen molar-refractivity contribution in [3.8, 4) is 0 Å². The monoisotopic (exact) mass is 239 g/mol. The van der Waals surface area contributed by atoms with Gasteiger partial charge in [0.2, 0.25) is 0 Å². The highest BCUT2D eigenvalue weighted by atomic mass is 14.6. The van der Waals surface area contributed by atoms with E-state index in [2.05, 4.69) is 27.7 Å². The lowest BCUT2D eigenvalue weighted by Gasteiger charge is -2.37. The minimum Gasteiger partial charge on any atom is -0.330 e. The molecule has 1 rings (SSSR count). The number of hydrogen-bond donors (Lipinski definition) is 1. The third-order valence-corrected chi connectivity index (χ3v) is 4.78. The lowest BCUT2D eigenvalue weighted by Crippen LogP contribution is -2.32. The third kappa shape index (κ3) is 4.99. The molecule has 1 heteroatoms. The predicted octanol–water partition coefficient (Wildman–Crippen LogP) is 4.46. The van der Waals surface area contributed by atoms with Gasteiger partial charge in [0.1, 0.15) is 0 Å². The summed E-state index contributed by atoms with van der Waals surface area (Å²) in [6, 6.07) is 0. The van der Waals surface area contributed by atoms with E-state index in [1.54, 1.807) is 0 Å². The van der Waals surface area contributed by atoms with Crippen LogP contribution < -0.4 is 5.73 Å². The summed E-state index contributed by atoms with van der Waals surface area (Å²) < 4.78 is 0. The van der Waals surface area contributed by atoms with Crippen LogP contribution in [0, 0.1) is 29.6 Å². The van der Waals surface area contributed by atoms with Crippen LogP contribution in [0.1, 0.15) is 66.2 Å². The number of hydrogen-bond acceptors (Lipinski definition) is 1. The molecule has 0 saturated heterocycles. The van der Waals surface area contributed by atoms with Crippen molar-refractivity contribution in [1.29, 1.82) is 0 Å². The predicted molar refractivity (Wildman–Crippen MR) is 76.9 cm³/mol. The second-order valence-corrected chi connectivity index (χ2v) is 6.90. The van der Waals surface area contributed by atoms with Crippen LogP contribution in [0.2, 0.25) is 0 Å². The van der Waals surface area contributed by atoms with Crippen molar-refractivity contribution in [2.45, 2.75) is 66.2 Å². The highest BCUT2D eigenvalue weighted by Gasteiger charge is 2.30. The van der Waals surface area contributed by atoms with Crippen LogP contribution in [0.25, 0.3) is 0 Å². The molecule has 2 N–H and O–H groups in total. The fourth-order valence-corrected chi connectivity index (χ4v) is 3.42. The van der Waals surface area contributed by atoms with Gasteiger partial charge in [0.15, 0.2) is 0 Å². The van der Waals surface area contributed by atoms with Gasteiger partial charge in [0.05, 0.1) is 0 Å². The lowest BCUT2D eigenvalue weighted by atomic mass is 9.69. The summed E-state index contributed by atoms with van der Waals surface area (Å²) in [5.41, 5.74) is 5.95. The van der Waals surface area contributed by atoms with Crippen molar-refractivity contribution in [3.05, 3.63) is 0 Å². The molecule has 0 amide bonds. The SMILES string of the molecule is CC(C)CCCC1CC(C(C)C)CCC1CN. The van der Waals surface area contributed by atoms with Gasteiger partial charge >= 0.3 is 0 Å². The van der Waals surface area contributed by atoms with Gasteiger partial charge in [-0.3, -0.25) is 0 Å². The molecule has 1 saturated carbocycles. The first-order chi connectivity index (χ1) is 8.04. The molecule has 3 unspecified atom stereocenters. The van der Waals surface area contributed by atoms with Crippen molar-refractivity contribution >= 4 is 0 Å². The third-order valence-electron chi connectivity index (χ3n) is 4.78. The molecule has 1 nitrogen and oxygen atoms in total. The van der Waals surface area contributed by atoms with Gasteiger partial charge < -0.3 is 5.73 Å². The van der Waals surface area contributed by atoms with E-state index < -0.39 is 0 Å². The first kappa shape index (κ1) is 15.0. The van der Waals surface area contributed by atoms with E-state index >= 15 is 0 Å². The normalized spacial score (nSPS) is 30.2. The van der Waals surface area contributed by atoms with Crippen LogP contribution >= 0.6 is 0 Å². The average molecular weight is 239 g/mol. The molecule has 0 aromatic carbocycles. The largest absolute Gasteiger partial charge is 0.330 e. The molecular formula is C16H33N. The van der Waals surface area contributed by atoms with Crippen molar-refractivity contribution in [2.24, 2.45) is 35.3 Å². The summed E-state index contributed by atoms with van der Waals surface area (Å²) in [5, 5.41) is 0. The van der Waals surface area contributed by atoms with Crippen LogP contribution in [-0.4, -0.2) is 6.54 Å². The molecule has 0 aromatic heterocycles. The van der Waals surface area contributed by atoms with Gasteiger partial charge in [-0.25, -0.2) is 0 Å². The van der Waals surface area contributed by atoms with E-state index in [9.17, 15) is 0 Å². The van der Waals surface area contributed by atoms with Gasteiger partial charge in [-0.15, -0.1) is 0 Å². The lowest BCUT2D eigenvalue weighted by molar-refractivity contribution is 0.140. The zero-order valence-electron chi connectivity index (χ0n) is 12.4. The molecule has 1 aliphatic carbocycles. The van der Waals surface area contributed by atoms with Crippen LogP contribution in [-0.2, 0) is 0 Å². The van der Waals surface area contributed by atoms with E-state index in [0.717, 1.165) is 36.1 Å². The molecule has 0 bridgehead atoms. The Morgan fingerprint density at radius 1 is 1.06 bits per heavy atom. The van der Waals surface area contributed by atoms with Crippen LogP contribution in [0.3, 0.4) is 0 Å². The Morgan fingerprint density at radius 3 is 2.29 bits per heavy atom. The topological polar surface area (TPSA) is 26.0 Å². The van der Waals surface area contributed by atoms with Crippen LogP contribution in [0.15, 0.2) is 0 Å². The standard InChI is InChI=1S/C16H33N/c1-12(2)6-5-7-15-10-14(13(3)4)8-9-16(15)11-17/h12-16H,5-11,17H2,1-4H3. The van der Waals surface area contributed by atoms with Crippen molar-refractivity contribution in [2.75, 3.05) is 6.54 Å².